The molecule has 0 aromatic heterocycles. The molecule has 0 unspecified atom stereocenters. The molecule has 4 heteroatoms. The highest BCUT2D eigenvalue weighted by molar-refractivity contribution is 5.82. The third-order valence-corrected chi connectivity index (χ3v) is 2.57. The van der Waals surface area contributed by atoms with E-state index in [-0.39, 0.29) is 5.91 Å². The number of carbonyl (C=O) groups is 1. The van der Waals surface area contributed by atoms with Crippen molar-refractivity contribution in [2.45, 2.75) is 13.8 Å². The van der Waals surface area contributed by atoms with Crippen LogP contribution < -0.4 is 10.6 Å². The Kier molecular flexibility index (Phi) is 4.11. The average molecular weight is 231 g/mol. The Bertz CT molecular complexity index is 446. The van der Waals surface area contributed by atoms with Gasteiger partial charge in [-0.25, -0.2) is 0 Å². The maximum atomic E-state index is 11.6. The van der Waals surface area contributed by atoms with E-state index in [0.717, 1.165) is 5.69 Å². The van der Waals surface area contributed by atoms with Gasteiger partial charge in [0.25, 0.3) is 0 Å². The van der Waals surface area contributed by atoms with Crippen LogP contribution in [-0.4, -0.2) is 19.5 Å². The molecular weight excluding hydrogens is 214 g/mol. The van der Waals surface area contributed by atoms with Gasteiger partial charge >= 0.3 is 0 Å². The number of amides is 1. The van der Waals surface area contributed by atoms with Crippen LogP contribution in [0.15, 0.2) is 24.3 Å². The predicted octanol–water partition coefficient (Wildman–Crippen LogP) is 1.74. The number of carbonyl (C=O) groups excluding carboxylic acids is 1. The van der Waals surface area contributed by atoms with E-state index in [2.05, 4.69) is 16.7 Å². The molecule has 0 atom stereocenters. The Hall–Kier alpha value is -2.02. The lowest BCUT2D eigenvalue weighted by atomic mass is 9.92. The topological polar surface area (TPSA) is 64.9 Å². The molecule has 2 N–H and O–H groups in total. The number of anilines is 1. The van der Waals surface area contributed by atoms with Crippen LogP contribution in [0.25, 0.3) is 0 Å². The van der Waals surface area contributed by atoms with Gasteiger partial charge in [0.2, 0.25) is 5.91 Å². The van der Waals surface area contributed by atoms with Gasteiger partial charge in [-0.2, -0.15) is 5.26 Å². The minimum absolute atomic E-state index is 0.0126. The summed E-state index contributed by atoms with van der Waals surface area (Å²) < 4.78 is 0. The lowest BCUT2D eigenvalue weighted by molar-refractivity contribution is -0.128. The van der Waals surface area contributed by atoms with Gasteiger partial charge in [0.05, 0.1) is 17.0 Å². The zero-order valence-corrected chi connectivity index (χ0v) is 10.4. The van der Waals surface area contributed by atoms with Crippen LogP contribution >= 0.6 is 0 Å². The number of hydrogen-bond donors (Lipinski definition) is 2. The standard InChI is InChI=1S/C13H17N3O/c1-13(2,12(17)15-3)9-16-11-6-4-5-10(7-11)8-14/h4-7,16H,9H2,1-3H3,(H,15,17). The van der Waals surface area contributed by atoms with Crippen LogP contribution in [0.3, 0.4) is 0 Å². The largest absolute Gasteiger partial charge is 0.384 e. The van der Waals surface area contributed by atoms with Crippen molar-refractivity contribution < 1.29 is 4.79 Å². The predicted molar refractivity (Wildman–Crippen MR) is 67.5 cm³/mol. The number of hydrogen-bond acceptors (Lipinski definition) is 3. The van der Waals surface area contributed by atoms with E-state index in [1.807, 2.05) is 26.0 Å². The highest BCUT2D eigenvalue weighted by atomic mass is 16.2. The van der Waals surface area contributed by atoms with E-state index in [1.54, 1.807) is 19.2 Å². The number of rotatable bonds is 4. The van der Waals surface area contributed by atoms with Crippen LogP contribution in [0, 0.1) is 16.7 Å². The van der Waals surface area contributed by atoms with Gasteiger partial charge in [0.15, 0.2) is 0 Å². The van der Waals surface area contributed by atoms with E-state index in [1.165, 1.54) is 0 Å². The van der Waals surface area contributed by atoms with Crippen molar-refractivity contribution in [1.29, 1.82) is 5.26 Å². The van der Waals surface area contributed by atoms with Crippen molar-refractivity contribution >= 4 is 11.6 Å². The number of nitrogens with one attached hydrogen (secondary N) is 2. The summed E-state index contributed by atoms with van der Waals surface area (Å²) in [5, 5.41) is 14.6. The third-order valence-electron chi connectivity index (χ3n) is 2.57. The Morgan fingerprint density at radius 3 is 2.76 bits per heavy atom. The lowest BCUT2D eigenvalue weighted by Crippen LogP contribution is -2.39. The van der Waals surface area contributed by atoms with Crippen LogP contribution in [0.4, 0.5) is 5.69 Å². The van der Waals surface area contributed by atoms with Crippen molar-refractivity contribution in [3.8, 4) is 6.07 Å². The van der Waals surface area contributed by atoms with Crippen LogP contribution in [0.2, 0.25) is 0 Å². The Balaban J connectivity index is 2.67. The molecule has 90 valence electrons. The maximum absolute atomic E-state index is 11.6. The summed E-state index contributed by atoms with van der Waals surface area (Å²) in [4.78, 5) is 11.6. The Morgan fingerprint density at radius 1 is 1.47 bits per heavy atom. The molecule has 4 nitrogen and oxygen atoms in total. The smallest absolute Gasteiger partial charge is 0.227 e. The number of benzene rings is 1. The minimum Gasteiger partial charge on any atom is -0.384 e. The fourth-order valence-electron chi connectivity index (χ4n) is 1.44. The molecule has 1 amide bonds. The number of nitrogens with zero attached hydrogens (tertiary/aromatic N) is 1. The van der Waals surface area contributed by atoms with Crippen molar-refractivity contribution in [2.24, 2.45) is 5.41 Å². The molecule has 0 heterocycles. The van der Waals surface area contributed by atoms with Gasteiger partial charge in [-0.3, -0.25) is 4.79 Å². The molecule has 0 spiro atoms. The molecule has 0 fully saturated rings. The molecule has 0 aliphatic rings. The van der Waals surface area contributed by atoms with E-state index >= 15 is 0 Å². The van der Waals surface area contributed by atoms with Crippen molar-refractivity contribution in [2.75, 3.05) is 18.9 Å². The van der Waals surface area contributed by atoms with Crippen molar-refractivity contribution in [3.63, 3.8) is 0 Å². The number of nitriles is 1. The first-order valence-electron chi connectivity index (χ1n) is 5.46. The van der Waals surface area contributed by atoms with Crippen LogP contribution in [0.1, 0.15) is 19.4 Å². The first-order chi connectivity index (χ1) is 7.99. The Morgan fingerprint density at radius 2 is 2.18 bits per heavy atom. The van der Waals surface area contributed by atoms with E-state index < -0.39 is 5.41 Å². The molecular formula is C13H17N3O. The molecule has 17 heavy (non-hydrogen) atoms. The molecule has 0 saturated heterocycles. The first kappa shape index (κ1) is 13.0. The second-order valence-corrected chi connectivity index (χ2v) is 4.51. The van der Waals surface area contributed by atoms with Gasteiger partial charge in [0, 0.05) is 19.3 Å². The van der Waals surface area contributed by atoms with Gasteiger partial charge in [-0.15, -0.1) is 0 Å². The molecule has 0 saturated carbocycles. The lowest BCUT2D eigenvalue weighted by Gasteiger charge is -2.23. The second-order valence-electron chi connectivity index (χ2n) is 4.51. The summed E-state index contributed by atoms with van der Waals surface area (Å²) in [6, 6.07) is 9.28. The van der Waals surface area contributed by atoms with Crippen LogP contribution in [-0.2, 0) is 4.79 Å². The van der Waals surface area contributed by atoms with Gasteiger partial charge in [-0.1, -0.05) is 6.07 Å². The second kappa shape index (κ2) is 5.35. The van der Waals surface area contributed by atoms with E-state index in [4.69, 9.17) is 5.26 Å². The molecule has 1 rings (SSSR count). The zero-order chi connectivity index (χ0) is 12.9. The van der Waals surface area contributed by atoms with Gasteiger partial charge in [0.1, 0.15) is 0 Å². The quantitative estimate of drug-likeness (QED) is 0.829. The highest BCUT2D eigenvalue weighted by Crippen LogP contribution is 2.17. The van der Waals surface area contributed by atoms with Crippen molar-refractivity contribution in [1.82, 2.24) is 5.32 Å². The monoisotopic (exact) mass is 231 g/mol. The zero-order valence-electron chi connectivity index (χ0n) is 10.4. The Labute approximate surface area is 102 Å². The highest BCUT2D eigenvalue weighted by Gasteiger charge is 2.26. The summed E-state index contributed by atoms with van der Waals surface area (Å²) in [5.41, 5.74) is 0.964. The first-order valence-corrected chi connectivity index (χ1v) is 5.46. The normalized spacial score (nSPS) is 10.5. The summed E-state index contributed by atoms with van der Waals surface area (Å²) >= 11 is 0. The summed E-state index contributed by atoms with van der Waals surface area (Å²) in [7, 11) is 1.63. The molecule has 0 aliphatic carbocycles. The molecule has 0 aliphatic heterocycles. The van der Waals surface area contributed by atoms with Gasteiger partial charge in [-0.05, 0) is 32.0 Å². The van der Waals surface area contributed by atoms with Gasteiger partial charge < -0.3 is 10.6 Å². The third kappa shape index (κ3) is 3.49. The van der Waals surface area contributed by atoms with Crippen LogP contribution in [0.5, 0.6) is 0 Å². The average Bonchev–Trinajstić information content (AvgIpc) is 2.35. The molecule has 0 bridgehead atoms. The maximum Gasteiger partial charge on any atom is 0.227 e. The molecule has 1 aromatic rings. The molecule has 0 radical (unpaired) electrons. The molecule has 1 aromatic carbocycles. The fourth-order valence-corrected chi connectivity index (χ4v) is 1.44. The summed E-state index contributed by atoms with van der Waals surface area (Å²) in [6.45, 7) is 4.25. The summed E-state index contributed by atoms with van der Waals surface area (Å²) in [6.07, 6.45) is 0. The fraction of sp³-hybridized carbons (Fsp3) is 0.385. The van der Waals surface area contributed by atoms with E-state index in [0.29, 0.717) is 12.1 Å². The minimum atomic E-state index is -0.489. The van der Waals surface area contributed by atoms with E-state index in [9.17, 15) is 4.79 Å². The SMILES string of the molecule is CNC(=O)C(C)(C)CNc1cccc(C#N)c1. The summed E-state index contributed by atoms with van der Waals surface area (Å²) in [5.74, 6) is -0.0126. The van der Waals surface area contributed by atoms with Crippen molar-refractivity contribution in [3.05, 3.63) is 29.8 Å².